The number of halogens is 1. The maximum Gasteiger partial charge on any atom is 0.253 e. The van der Waals surface area contributed by atoms with E-state index in [0.29, 0.717) is 25.3 Å². The number of ether oxygens (including phenoxy) is 1. The summed E-state index contributed by atoms with van der Waals surface area (Å²) in [5.74, 6) is -0.406. The summed E-state index contributed by atoms with van der Waals surface area (Å²) in [5, 5.41) is 3.08. The van der Waals surface area contributed by atoms with Crippen molar-refractivity contribution in [2.24, 2.45) is 0 Å². The van der Waals surface area contributed by atoms with E-state index in [1.54, 1.807) is 0 Å². The summed E-state index contributed by atoms with van der Waals surface area (Å²) in [4.78, 5) is 7.57. The van der Waals surface area contributed by atoms with Crippen molar-refractivity contribution in [3.63, 3.8) is 0 Å². The van der Waals surface area contributed by atoms with Gasteiger partial charge in [0.2, 0.25) is 5.82 Å². The van der Waals surface area contributed by atoms with E-state index in [-0.39, 0.29) is 5.88 Å². The number of rotatable bonds is 6. The molecule has 0 saturated heterocycles. The minimum absolute atomic E-state index is 0.0414. The van der Waals surface area contributed by atoms with Gasteiger partial charge in [0.05, 0.1) is 5.69 Å². The minimum Gasteiger partial charge on any atom is -0.474 e. The normalized spacial score (nSPS) is 10.3. The summed E-state index contributed by atoms with van der Waals surface area (Å²) >= 11 is 0. The standard InChI is InChI=1S/C10H16FN3O/c1-3-8-9(11)10(14-7-13-8)15-6-5-12-4-2/h7,12H,3-6H2,1-2H3. The maximum absolute atomic E-state index is 13.5. The maximum atomic E-state index is 13.5. The van der Waals surface area contributed by atoms with Crippen molar-refractivity contribution in [1.29, 1.82) is 0 Å². The Morgan fingerprint density at radius 1 is 1.40 bits per heavy atom. The van der Waals surface area contributed by atoms with Crippen LogP contribution < -0.4 is 10.1 Å². The van der Waals surface area contributed by atoms with Gasteiger partial charge in [-0.2, -0.15) is 9.37 Å². The number of hydrogen-bond donors (Lipinski definition) is 1. The first kappa shape index (κ1) is 11.8. The lowest BCUT2D eigenvalue weighted by Gasteiger charge is -2.07. The molecule has 1 N–H and O–H groups in total. The number of nitrogens with one attached hydrogen (secondary N) is 1. The van der Waals surface area contributed by atoms with Gasteiger partial charge in [0.1, 0.15) is 12.9 Å². The van der Waals surface area contributed by atoms with Crippen molar-refractivity contribution in [3.8, 4) is 5.88 Å². The van der Waals surface area contributed by atoms with Crippen molar-refractivity contribution >= 4 is 0 Å². The van der Waals surface area contributed by atoms with Gasteiger partial charge in [0, 0.05) is 6.54 Å². The Hall–Kier alpha value is -1.23. The SMILES string of the molecule is CCNCCOc1ncnc(CC)c1F. The van der Waals surface area contributed by atoms with Crippen LogP contribution in [0.2, 0.25) is 0 Å². The number of aromatic nitrogens is 2. The zero-order valence-electron chi connectivity index (χ0n) is 9.09. The Kier molecular flexibility index (Phi) is 4.97. The molecule has 1 aromatic heterocycles. The van der Waals surface area contributed by atoms with Crippen LogP contribution in [0.5, 0.6) is 5.88 Å². The Morgan fingerprint density at radius 2 is 2.20 bits per heavy atom. The molecule has 0 fully saturated rings. The van der Waals surface area contributed by atoms with Gasteiger partial charge in [0.25, 0.3) is 5.88 Å². The topological polar surface area (TPSA) is 47.0 Å². The summed E-state index contributed by atoms with van der Waals surface area (Å²) in [5.41, 5.74) is 0.392. The van der Waals surface area contributed by atoms with E-state index in [2.05, 4.69) is 15.3 Å². The van der Waals surface area contributed by atoms with Crippen LogP contribution in [-0.4, -0.2) is 29.7 Å². The van der Waals surface area contributed by atoms with E-state index >= 15 is 0 Å². The average Bonchev–Trinajstić information content (AvgIpc) is 2.26. The molecule has 0 bridgehead atoms. The molecule has 0 aliphatic heterocycles. The lowest BCUT2D eigenvalue weighted by atomic mass is 10.3. The first-order valence-corrected chi connectivity index (χ1v) is 5.12. The van der Waals surface area contributed by atoms with E-state index in [1.807, 2.05) is 13.8 Å². The van der Waals surface area contributed by atoms with Gasteiger partial charge >= 0.3 is 0 Å². The molecule has 5 heteroatoms. The van der Waals surface area contributed by atoms with E-state index in [1.165, 1.54) is 6.33 Å². The van der Waals surface area contributed by atoms with Gasteiger partial charge < -0.3 is 10.1 Å². The zero-order chi connectivity index (χ0) is 11.1. The van der Waals surface area contributed by atoms with Crippen LogP contribution in [0, 0.1) is 5.82 Å². The molecular weight excluding hydrogens is 197 g/mol. The third kappa shape index (κ3) is 3.43. The lowest BCUT2D eigenvalue weighted by molar-refractivity contribution is 0.285. The smallest absolute Gasteiger partial charge is 0.253 e. The second-order valence-electron chi connectivity index (χ2n) is 3.00. The minimum atomic E-state index is -0.448. The molecule has 1 aromatic rings. The van der Waals surface area contributed by atoms with Crippen molar-refractivity contribution < 1.29 is 9.13 Å². The van der Waals surface area contributed by atoms with Gasteiger partial charge in [-0.15, -0.1) is 0 Å². The average molecular weight is 213 g/mol. The van der Waals surface area contributed by atoms with Crippen LogP contribution in [-0.2, 0) is 6.42 Å². The molecule has 4 nitrogen and oxygen atoms in total. The highest BCUT2D eigenvalue weighted by molar-refractivity contribution is 5.16. The summed E-state index contributed by atoms with van der Waals surface area (Å²) in [6.45, 7) is 5.80. The first-order chi connectivity index (χ1) is 7.29. The second kappa shape index (κ2) is 6.29. The molecule has 0 unspecified atom stereocenters. The zero-order valence-corrected chi connectivity index (χ0v) is 9.09. The number of aryl methyl sites for hydroxylation is 1. The van der Waals surface area contributed by atoms with E-state index in [0.717, 1.165) is 6.54 Å². The summed E-state index contributed by atoms with van der Waals surface area (Å²) in [7, 11) is 0. The molecule has 84 valence electrons. The highest BCUT2D eigenvalue weighted by atomic mass is 19.1. The number of hydrogen-bond acceptors (Lipinski definition) is 4. The van der Waals surface area contributed by atoms with Gasteiger partial charge in [-0.05, 0) is 13.0 Å². The molecule has 0 atom stereocenters. The van der Waals surface area contributed by atoms with Gasteiger partial charge in [-0.25, -0.2) is 4.98 Å². The van der Waals surface area contributed by atoms with Crippen LogP contribution in [0.15, 0.2) is 6.33 Å². The first-order valence-electron chi connectivity index (χ1n) is 5.12. The quantitative estimate of drug-likeness (QED) is 0.720. The van der Waals surface area contributed by atoms with E-state index < -0.39 is 5.82 Å². The Balaban J connectivity index is 2.53. The molecule has 0 spiro atoms. The van der Waals surface area contributed by atoms with Crippen molar-refractivity contribution in [2.45, 2.75) is 20.3 Å². The molecule has 0 aromatic carbocycles. The predicted octanol–water partition coefficient (Wildman–Crippen LogP) is 1.17. The fraction of sp³-hybridized carbons (Fsp3) is 0.600. The third-order valence-electron chi connectivity index (χ3n) is 1.93. The van der Waals surface area contributed by atoms with Gasteiger partial charge in [0.15, 0.2) is 0 Å². The predicted molar refractivity (Wildman–Crippen MR) is 55.4 cm³/mol. The molecule has 0 radical (unpaired) electrons. The second-order valence-corrected chi connectivity index (χ2v) is 3.00. The van der Waals surface area contributed by atoms with Crippen LogP contribution in [0.3, 0.4) is 0 Å². The molecule has 1 rings (SSSR count). The van der Waals surface area contributed by atoms with Crippen LogP contribution >= 0.6 is 0 Å². The molecule has 1 heterocycles. The monoisotopic (exact) mass is 213 g/mol. The van der Waals surface area contributed by atoms with Crippen LogP contribution in [0.25, 0.3) is 0 Å². The molecule has 0 aliphatic carbocycles. The summed E-state index contributed by atoms with van der Waals surface area (Å²) in [6.07, 6.45) is 1.86. The van der Waals surface area contributed by atoms with Crippen molar-refractivity contribution in [3.05, 3.63) is 17.8 Å². The van der Waals surface area contributed by atoms with Crippen LogP contribution in [0.1, 0.15) is 19.5 Å². The van der Waals surface area contributed by atoms with E-state index in [4.69, 9.17) is 4.74 Å². The van der Waals surface area contributed by atoms with Crippen molar-refractivity contribution in [2.75, 3.05) is 19.7 Å². The molecule has 0 aliphatic rings. The largest absolute Gasteiger partial charge is 0.474 e. The fourth-order valence-corrected chi connectivity index (χ4v) is 1.13. The number of likely N-dealkylation sites (N-methyl/N-ethyl adjacent to an activating group) is 1. The third-order valence-corrected chi connectivity index (χ3v) is 1.93. The highest BCUT2D eigenvalue weighted by Gasteiger charge is 2.10. The summed E-state index contributed by atoms with van der Waals surface area (Å²) in [6, 6.07) is 0. The Bertz CT molecular complexity index is 307. The Morgan fingerprint density at radius 3 is 2.87 bits per heavy atom. The van der Waals surface area contributed by atoms with Crippen molar-refractivity contribution in [1.82, 2.24) is 15.3 Å². The molecular formula is C10H16FN3O. The highest BCUT2D eigenvalue weighted by Crippen LogP contribution is 2.15. The molecule has 0 amide bonds. The summed E-state index contributed by atoms with van der Waals surface area (Å²) < 4.78 is 18.7. The molecule has 15 heavy (non-hydrogen) atoms. The van der Waals surface area contributed by atoms with Gasteiger partial charge in [-0.1, -0.05) is 13.8 Å². The fourth-order valence-electron chi connectivity index (χ4n) is 1.13. The molecule has 0 saturated carbocycles. The van der Waals surface area contributed by atoms with Gasteiger partial charge in [-0.3, -0.25) is 0 Å². The lowest BCUT2D eigenvalue weighted by Crippen LogP contribution is -2.21. The Labute approximate surface area is 88.9 Å². The van der Waals surface area contributed by atoms with Crippen LogP contribution in [0.4, 0.5) is 4.39 Å². The number of nitrogens with zero attached hydrogens (tertiary/aromatic N) is 2. The van der Waals surface area contributed by atoms with E-state index in [9.17, 15) is 4.39 Å².